The molecule has 0 saturated heterocycles. The number of aliphatic hydroxyl groups excluding tert-OH is 1. The van der Waals surface area contributed by atoms with Crippen LogP contribution < -0.4 is 26.8 Å². The topological polar surface area (TPSA) is 43.1 Å². The van der Waals surface area contributed by atoms with Crippen LogP contribution in [-0.4, -0.2) is 38.5 Å². The minimum atomic E-state index is -0.503. The summed E-state index contributed by atoms with van der Waals surface area (Å²) >= 11 is 0. The van der Waals surface area contributed by atoms with Gasteiger partial charge in [0.15, 0.2) is 11.5 Å². The molecule has 0 fully saturated rings. The maximum atomic E-state index is 10.7. The van der Waals surface area contributed by atoms with Gasteiger partial charge in [0.05, 0.1) is 27.3 Å². The smallest absolute Gasteiger partial charge is 0.161 e. The largest absolute Gasteiger partial charge is 1.00 e. The molecular weight excluding hydrogens is 302 g/mol. The molecule has 0 bridgehead atoms. The van der Waals surface area contributed by atoms with Crippen LogP contribution in [0.25, 0.3) is 0 Å². The zero-order valence-corrected chi connectivity index (χ0v) is 15.1. The first-order valence-electron chi connectivity index (χ1n) is 7.83. The Morgan fingerprint density at radius 1 is 1.14 bits per heavy atom. The molecule has 1 aromatic rings. The van der Waals surface area contributed by atoms with Crippen LogP contribution in [-0.2, 0) is 0 Å². The van der Waals surface area contributed by atoms with Crippen molar-refractivity contribution in [2.45, 2.75) is 45.8 Å². The molecule has 0 heterocycles. The summed E-state index contributed by atoms with van der Waals surface area (Å²) in [5.41, 5.74) is 0.877. The number of methoxy groups -OCH3 is 2. The Bertz CT molecular complexity index is 428. The standard InChI is InChI=1S/C17H29NO3.ClH/c1-6-8-11-18(7-2)13(3)17(19)14-9-10-15(20-4)16(12-14)21-5;/h9-10,12-13,17,19H,6-8,11H2,1-5H3;1H. The fourth-order valence-electron chi connectivity index (χ4n) is 2.68. The maximum absolute atomic E-state index is 10.7. The number of hydrogen-bond donors (Lipinski definition) is 2. The van der Waals surface area contributed by atoms with E-state index in [2.05, 4.69) is 20.8 Å². The van der Waals surface area contributed by atoms with Crippen molar-refractivity contribution in [2.75, 3.05) is 27.3 Å². The summed E-state index contributed by atoms with van der Waals surface area (Å²) in [6.07, 6.45) is 1.87. The number of benzene rings is 1. The molecule has 0 aliphatic heterocycles. The van der Waals surface area contributed by atoms with E-state index in [1.165, 1.54) is 17.7 Å². The van der Waals surface area contributed by atoms with Crippen molar-refractivity contribution in [1.29, 1.82) is 0 Å². The number of hydrogen-bond acceptors (Lipinski definition) is 3. The van der Waals surface area contributed by atoms with E-state index in [-0.39, 0.29) is 18.4 Å². The van der Waals surface area contributed by atoms with Crippen LogP contribution in [0.4, 0.5) is 0 Å². The quantitative estimate of drug-likeness (QED) is 0.599. The predicted octanol–water partition coefficient (Wildman–Crippen LogP) is -1.17. The van der Waals surface area contributed by atoms with Crippen LogP contribution in [0.15, 0.2) is 18.2 Å². The second kappa shape index (κ2) is 10.7. The Balaban J connectivity index is 0.00000441. The number of rotatable bonds is 9. The average Bonchev–Trinajstić information content (AvgIpc) is 2.53. The highest BCUT2D eigenvalue weighted by Gasteiger charge is 2.26. The molecule has 1 rings (SSSR count). The van der Waals surface area contributed by atoms with Crippen LogP contribution >= 0.6 is 0 Å². The molecule has 0 aliphatic rings. The highest BCUT2D eigenvalue weighted by atomic mass is 35.5. The van der Waals surface area contributed by atoms with Crippen LogP contribution in [0, 0.1) is 0 Å². The summed E-state index contributed by atoms with van der Waals surface area (Å²) in [5, 5.41) is 10.7. The molecule has 2 N–H and O–H groups in total. The van der Waals surface area contributed by atoms with Gasteiger partial charge in [-0.15, -0.1) is 0 Å². The molecule has 4 nitrogen and oxygen atoms in total. The third-order valence-corrected chi connectivity index (χ3v) is 4.17. The fraction of sp³-hybridized carbons (Fsp3) is 0.647. The SMILES string of the molecule is CCCC[NH+](CC)C(C)C(O)c1ccc(OC)c(OC)c1.[Cl-]. The number of aliphatic hydroxyl groups is 1. The molecule has 0 spiro atoms. The van der Waals surface area contributed by atoms with Gasteiger partial charge >= 0.3 is 0 Å². The van der Waals surface area contributed by atoms with Crippen LogP contribution in [0.3, 0.4) is 0 Å². The van der Waals surface area contributed by atoms with E-state index in [9.17, 15) is 5.11 Å². The Hall–Kier alpha value is -0.970. The molecule has 0 amide bonds. The van der Waals surface area contributed by atoms with Gasteiger partial charge in [-0.2, -0.15) is 0 Å². The fourth-order valence-corrected chi connectivity index (χ4v) is 2.68. The summed E-state index contributed by atoms with van der Waals surface area (Å²) in [4.78, 5) is 1.43. The lowest BCUT2D eigenvalue weighted by molar-refractivity contribution is -0.926. The normalized spacial score (nSPS) is 14.6. The summed E-state index contributed by atoms with van der Waals surface area (Å²) in [6.45, 7) is 8.59. The molecule has 0 saturated carbocycles. The van der Waals surface area contributed by atoms with Gasteiger partial charge in [-0.05, 0) is 38.0 Å². The third-order valence-electron chi connectivity index (χ3n) is 4.17. The van der Waals surface area contributed by atoms with Crippen molar-refractivity contribution in [2.24, 2.45) is 0 Å². The zero-order valence-electron chi connectivity index (χ0n) is 14.4. The lowest BCUT2D eigenvalue weighted by Crippen LogP contribution is -3.15. The number of quaternary nitrogens is 1. The van der Waals surface area contributed by atoms with Gasteiger partial charge in [0, 0.05) is 0 Å². The Kier molecular flexibility index (Phi) is 10.2. The first-order chi connectivity index (χ1) is 10.1. The Morgan fingerprint density at radius 3 is 2.27 bits per heavy atom. The van der Waals surface area contributed by atoms with E-state index in [4.69, 9.17) is 9.47 Å². The third kappa shape index (κ3) is 5.34. The molecule has 128 valence electrons. The number of halogens is 1. The summed E-state index contributed by atoms with van der Waals surface area (Å²) < 4.78 is 10.6. The van der Waals surface area contributed by atoms with E-state index in [1.807, 2.05) is 18.2 Å². The molecule has 0 aromatic heterocycles. The van der Waals surface area contributed by atoms with Gasteiger partial charge < -0.3 is 31.9 Å². The maximum Gasteiger partial charge on any atom is 0.161 e. The summed E-state index contributed by atoms with van der Waals surface area (Å²) in [7, 11) is 3.23. The molecule has 0 radical (unpaired) electrons. The minimum Gasteiger partial charge on any atom is -1.00 e. The van der Waals surface area contributed by atoms with Crippen molar-refractivity contribution in [3.05, 3.63) is 23.8 Å². The monoisotopic (exact) mass is 331 g/mol. The van der Waals surface area contributed by atoms with E-state index in [0.29, 0.717) is 11.5 Å². The number of ether oxygens (including phenoxy) is 2. The molecule has 3 atom stereocenters. The van der Waals surface area contributed by atoms with Gasteiger partial charge in [0.1, 0.15) is 12.1 Å². The highest BCUT2D eigenvalue weighted by molar-refractivity contribution is 5.43. The van der Waals surface area contributed by atoms with Crippen LogP contribution in [0.2, 0.25) is 0 Å². The predicted molar refractivity (Wildman–Crippen MR) is 85.2 cm³/mol. The van der Waals surface area contributed by atoms with Crippen molar-refractivity contribution < 1.29 is 31.9 Å². The van der Waals surface area contributed by atoms with Crippen molar-refractivity contribution in [1.82, 2.24) is 0 Å². The van der Waals surface area contributed by atoms with Gasteiger partial charge in [-0.25, -0.2) is 0 Å². The molecule has 1 aromatic carbocycles. The summed E-state index contributed by atoms with van der Waals surface area (Å²) in [5.74, 6) is 1.35. The number of nitrogens with one attached hydrogen (secondary N) is 1. The molecule has 3 unspecified atom stereocenters. The minimum absolute atomic E-state index is 0. The van der Waals surface area contributed by atoms with E-state index in [1.54, 1.807) is 14.2 Å². The number of likely N-dealkylation sites (N-methyl/N-ethyl adjacent to an activating group) is 1. The van der Waals surface area contributed by atoms with Gasteiger partial charge in [0.25, 0.3) is 0 Å². The second-order valence-electron chi connectivity index (χ2n) is 5.46. The molecular formula is C17H30ClNO3. The lowest BCUT2D eigenvalue weighted by Gasteiger charge is -2.29. The molecule has 0 aliphatic carbocycles. The first kappa shape index (κ1) is 21.0. The van der Waals surface area contributed by atoms with Gasteiger partial charge in [-0.3, -0.25) is 0 Å². The average molecular weight is 332 g/mol. The lowest BCUT2D eigenvalue weighted by atomic mass is 10.0. The number of unbranched alkanes of at least 4 members (excludes halogenated alkanes) is 1. The van der Waals surface area contributed by atoms with E-state index >= 15 is 0 Å². The summed E-state index contributed by atoms with van der Waals surface area (Å²) in [6, 6.07) is 5.78. The highest BCUT2D eigenvalue weighted by Crippen LogP contribution is 2.30. The van der Waals surface area contributed by atoms with E-state index in [0.717, 1.165) is 18.7 Å². The van der Waals surface area contributed by atoms with Crippen molar-refractivity contribution >= 4 is 0 Å². The molecule has 5 heteroatoms. The van der Waals surface area contributed by atoms with Crippen LogP contribution in [0.1, 0.15) is 45.3 Å². The second-order valence-corrected chi connectivity index (χ2v) is 5.46. The molecule has 22 heavy (non-hydrogen) atoms. The van der Waals surface area contributed by atoms with E-state index < -0.39 is 6.10 Å². The van der Waals surface area contributed by atoms with Gasteiger partial charge in [0.2, 0.25) is 0 Å². The van der Waals surface area contributed by atoms with Crippen molar-refractivity contribution in [3.63, 3.8) is 0 Å². The van der Waals surface area contributed by atoms with Crippen molar-refractivity contribution in [3.8, 4) is 11.5 Å². The zero-order chi connectivity index (χ0) is 15.8. The Labute approximate surface area is 140 Å². The first-order valence-corrected chi connectivity index (χ1v) is 7.83. The van der Waals surface area contributed by atoms with Crippen LogP contribution in [0.5, 0.6) is 11.5 Å². The Morgan fingerprint density at radius 2 is 1.77 bits per heavy atom. The van der Waals surface area contributed by atoms with Gasteiger partial charge in [-0.1, -0.05) is 19.4 Å².